The molecule has 0 spiro atoms. The number of hydrazone groups is 1. The van der Waals surface area contributed by atoms with Gasteiger partial charge in [-0.3, -0.25) is 0 Å². The molecule has 41 valence electrons. The van der Waals surface area contributed by atoms with Gasteiger partial charge >= 0.3 is 50.7 Å². The number of amidine groups is 1. The summed E-state index contributed by atoms with van der Waals surface area (Å²) in [5.74, 6) is 0. The summed E-state index contributed by atoms with van der Waals surface area (Å²) in [6.45, 7) is 0. The quantitative estimate of drug-likeness (QED) is 0.233. The Morgan fingerprint density at radius 3 is 2.14 bits per heavy atom. The van der Waals surface area contributed by atoms with Gasteiger partial charge in [0.05, 0.1) is 0 Å². The van der Waals surface area contributed by atoms with Crippen LogP contribution in [0.4, 0.5) is 0 Å². The molecule has 0 aromatic heterocycles. The molecular weight excluding hydrogens is 157 g/mol. The normalized spacial score (nSPS) is 11.4. The van der Waals surface area contributed by atoms with Crippen molar-refractivity contribution in [2.45, 2.75) is 0 Å². The Morgan fingerprint density at radius 2 is 2.14 bits per heavy atom. The number of rotatable bonds is 1. The van der Waals surface area contributed by atoms with E-state index in [4.69, 9.17) is 5.73 Å². The summed E-state index contributed by atoms with van der Waals surface area (Å²) in [5, 5.41) is 5.38. The summed E-state index contributed by atoms with van der Waals surface area (Å²) in [7, 11) is 3.62. The molecule has 4 heteroatoms. The van der Waals surface area contributed by atoms with Gasteiger partial charge in [-0.1, -0.05) is 0 Å². The molecule has 0 bridgehead atoms. The minimum absolute atomic E-state index is 0.463. The van der Waals surface area contributed by atoms with Crippen LogP contribution in [0, 0.1) is 0 Å². The van der Waals surface area contributed by atoms with Gasteiger partial charge in [-0.05, 0) is 0 Å². The van der Waals surface area contributed by atoms with Crippen LogP contribution in [0.1, 0.15) is 0 Å². The van der Waals surface area contributed by atoms with E-state index in [1.54, 1.807) is 5.01 Å². The molecule has 0 aromatic rings. The molecule has 2 N–H and O–H groups in total. The molecule has 3 nitrogen and oxygen atoms in total. The first-order valence-electron chi connectivity index (χ1n) is 1.81. The van der Waals surface area contributed by atoms with E-state index in [1.807, 2.05) is 14.1 Å². The van der Waals surface area contributed by atoms with Gasteiger partial charge in [0, 0.05) is 0 Å². The molecule has 1 radical (unpaired) electrons. The molecule has 0 heterocycles. The second kappa shape index (κ2) is 2.88. The topological polar surface area (TPSA) is 41.6 Å². The molecular formula is C3H8N3Se. The van der Waals surface area contributed by atoms with Crippen LogP contribution in [-0.4, -0.2) is 39.9 Å². The van der Waals surface area contributed by atoms with Crippen LogP contribution in [0.25, 0.3) is 0 Å². The fourth-order valence-corrected chi connectivity index (χ4v) is 0.540. The minimum atomic E-state index is 0.463. The van der Waals surface area contributed by atoms with E-state index in [0.717, 1.165) is 0 Å². The van der Waals surface area contributed by atoms with Crippen molar-refractivity contribution in [3.8, 4) is 0 Å². The third-order valence-corrected chi connectivity index (χ3v) is 0.470. The molecule has 0 saturated heterocycles. The van der Waals surface area contributed by atoms with E-state index in [2.05, 4.69) is 21.1 Å². The van der Waals surface area contributed by atoms with Crippen molar-refractivity contribution in [2.75, 3.05) is 14.1 Å². The molecule has 0 aliphatic carbocycles. The van der Waals surface area contributed by atoms with Crippen LogP contribution >= 0.6 is 0 Å². The summed E-state index contributed by atoms with van der Waals surface area (Å²) >= 11 is 2.56. The predicted molar refractivity (Wildman–Crippen MR) is 31.1 cm³/mol. The molecule has 0 aliphatic heterocycles. The Balaban J connectivity index is 3.45. The van der Waals surface area contributed by atoms with Gasteiger partial charge in [-0.15, -0.1) is 0 Å². The van der Waals surface area contributed by atoms with E-state index in [1.165, 1.54) is 0 Å². The first-order chi connectivity index (χ1) is 3.13. The first-order valence-corrected chi connectivity index (χ1v) is 2.67. The molecule has 0 unspecified atom stereocenters. The number of hydrogen-bond acceptors (Lipinski definition) is 2. The van der Waals surface area contributed by atoms with E-state index in [-0.39, 0.29) is 0 Å². The van der Waals surface area contributed by atoms with Crippen LogP contribution in [0.5, 0.6) is 0 Å². The zero-order chi connectivity index (χ0) is 5.86. The SMILES string of the molecule is CN(C)/N=C(/N)[Se]. The molecule has 0 fully saturated rings. The van der Waals surface area contributed by atoms with Gasteiger partial charge in [0.2, 0.25) is 0 Å². The average molecular weight is 165 g/mol. The van der Waals surface area contributed by atoms with Gasteiger partial charge in [0.1, 0.15) is 0 Å². The van der Waals surface area contributed by atoms with E-state index in [0.29, 0.717) is 4.73 Å². The molecule has 0 atom stereocenters. The Labute approximate surface area is 51.4 Å². The van der Waals surface area contributed by atoms with Gasteiger partial charge < -0.3 is 0 Å². The molecule has 0 aromatic carbocycles. The van der Waals surface area contributed by atoms with E-state index in [9.17, 15) is 0 Å². The summed E-state index contributed by atoms with van der Waals surface area (Å²) in [4.78, 5) is 0. The maximum atomic E-state index is 5.15. The fraction of sp³-hybridized carbons (Fsp3) is 0.667. The molecule has 0 saturated carbocycles. The van der Waals surface area contributed by atoms with Crippen molar-refractivity contribution in [3.05, 3.63) is 0 Å². The van der Waals surface area contributed by atoms with Crippen LogP contribution in [0.15, 0.2) is 5.10 Å². The summed E-state index contributed by atoms with van der Waals surface area (Å²) in [6.07, 6.45) is 0. The fourth-order valence-electron chi connectivity index (χ4n) is 0.197. The standard InChI is InChI=1S/C3H8N3Se/c1-6(2)5-3(4)7/h1-2H3,(H2,4,5). The first kappa shape index (κ1) is 6.79. The van der Waals surface area contributed by atoms with E-state index >= 15 is 0 Å². The summed E-state index contributed by atoms with van der Waals surface area (Å²) < 4.78 is 0.463. The van der Waals surface area contributed by atoms with E-state index < -0.39 is 0 Å². The van der Waals surface area contributed by atoms with Crippen molar-refractivity contribution >= 4 is 20.7 Å². The predicted octanol–water partition coefficient (Wildman–Crippen LogP) is -1.05. The van der Waals surface area contributed by atoms with Crippen LogP contribution < -0.4 is 5.73 Å². The van der Waals surface area contributed by atoms with Crippen molar-refractivity contribution < 1.29 is 0 Å². The second-order valence-electron chi connectivity index (χ2n) is 1.29. The van der Waals surface area contributed by atoms with Crippen molar-refractivity contribution in [3.63, 3.8) is 0 Å². The third-order valence-electron chi connectivity index (χ3n) is 0.299. The van der Waals surface area contributed by atoms with Gasteiger partial charge in [0.25, 0.3) is 0 Å². The Bertz CT molecular complexity index is 74.2. The van der Waals surface area contributed by atoms with Gasteiger partial charge in [0.15, 0.2) is 0 Å². The average Bonchev–Trinajstić information content (AvgIpc) is 1.27. The van der Waals surface area contributed by atoms with Crippen LogP contribution in [0.2, 0.25) is 0 Å². The Morgan fingerprint density at radius 1 is 1.71 bits per heavy atom. The molecule has 0 amide bonds. The Hall–Kier alpha value is -0.211. The van der Waals surface area contributed by atoms with Crippen molar-refractivity contribution in [1.29, 1.82) is 0 Å². The second-order valence-corrected chi connectivity index (χ2v) is 2.16. The zero-order valence-corrected chi connectivity index (χ0v) is 6.09. The summed E-state index contributed by atoms with van der Waals surface area (Å²) in [6, 6.07) is 0. The number of nitrogens with zero attached hydrogens (tertiary/aromatic N) is 2. The number of nitrogens with two attached hydrogens (primary N) is 1. The van der Waals surface area contributed by atoms with Crippen molar-refractivity contribution in [1.82, 2.24) is 5.01 Å². The zero-order valence-electron chi connectivity index (χ0n) is 4.38. The van der Waals surface area contributed by atoms with Crippen LogP contribution in [-0.2, 0) is 0 Å². The van der Waals surface area contributed by atoms with Gasteiger partial charge in [-0.25, -0.2) is 0 Å². The number of hydrogen-bond donors (Lipinski definition) is 1. The Kier molecular flexibility index (Phi) is 2.79. The molecule has 0 rings (SSSR count). The van der Waals surface area contributed by atoms with Crippen molar-refractivity contribution in [2.24, 2.45) is 10.8 Å². The molecule has 0 aliphatic rings. The maximum absolute atomic E-state index is 5.15. The van der Waals surface area contributed by atoms with Gasteiger partial charge in [-0.2, -0.15) is 0 Å². The third kappa shape index (κ3) is 5.79. The molecule has 7 heavy (non-hydrogen) atoms. The summed E-state index contributed by atoms with van der Waals surface area (Å²) in [5.41, 5.74) is 5.15. The monoisotopic (exact) mass is 166 g/mol. The van der Waals surface area contributed by atoms with Crippen LogP contribution in [0.3, 0.4) is 0 Å².